The van der Waals surface area contributed by atoms with E-state index in [2.05, 4.69) is 0 Å². The molecule has 1 saturated carbocycles. The molecule has 3 rings (SSSR count). The molecule has 2 bridgehead atoms. The van der Waals surface area contributed by atoms with E-state index < -0.39 is 11.7 Å². The van der Waals surface area contributed by atoms with E-state index in [-0.39, 0.29) is 12.0 Å². The summed E-state index contributed by atoms with van der Waals surface area (Å²) >= 11 is 0. The van der Waals surface area contributed by atoms with Gasteiger partial charge in [0, 0.05) is 6.04 Å². The van der Waals surface area contributed by atoms with Crippen LogP contribution in [0.25, 0.3) is 0 Å². The van der Waals surface area contributed by atoms with Crippen LogP contribution in [-0.2, 0) is 12.6 Å². The van der Waals surface area contributed by atoms with Crippen LogP contribution in [0.3, 0.4) is 0 Å². The van der Waals surface area contributed by atoms with E-state index in [1.807, 2.05) is 0 Å². The van der Waals surface area contributed by atoms with Gasteiger partial charge in [-0.1, -0.05) is 6.07 Å². The molecule has 0 unspecified atom stereocenters. The number of rotatable bonds is 0. The highest BCUT2D eigenvalue weighted by molar-refractivity contribution is 5.40. The average Bonchev–Trinajstić information content (AvgIpc) is 2.51. The maximum absolute atomic E-state index is 12.7. The molecule has 0 heterocycles. The van der Waals surface area contributed by atoms with Gasteiger partial charge in [0.1, 0.15) is 0 Å². The summed E-state index contributed by atoms with van der Waals surface area (Å²) in [7, 11) is 0. The summed E-state index contributed by atoms with van der Waals surface area (Å²) in [5.41, 5.74) is 7.43. The molecule has 17 heavy (non-hydrogen) atoms. The lowest BCUT2D eigenvalue weighted by Crippen LogP contribution is -2.35. The van der Waals surface area contributed by atoms with Gasteiger partial charge in [0.15, 0.2) is 0 Å². The third-order valence-electron chi connectivity index (χ3n) is 4.21. The molecule has 0 spiro atoms. The lowest BCUT2D eigenvalue weighted by atomic mass is 9.79. The highest BCUT2D eigenvalue weighted by Crippen LogP contribution is 2.46. The van der Waals surface area contributed by atoms with E-state index in [1.54, 1.807) is 6.07 Å². The Bertz CT molecular complexity index is 452. The van der Waals surface area contributed by atoms with E-state index in [0.717, 1.165) is 30.4 Å². The Labute approximate surface area is 97.8 Å². The summed E-state index contributed by atoms with van der Waals surface area (Å²) < 4.78 is 38.0. The molecule has 0 saturated heterocycles. The van der Waals surface area contributed by atoms with Crippen molar-refractivity contribution in [2.75, 3.05) is 0 Å². The van der Waals surface area contributed by atoms with Gasteiger partial charge in [0.05, 0.1) is 5.56 Å². The van der Waals surface area contributed by atoms with Gasteiger partial charge in [0.2, 0.25) is 0 Å². The van der Waals surface area contributed by atoms with Gasteiger partial charge in [-0.05, 0) is 54.4 Å². The molecule has 1 aromatic rings. The van der Waals surface area contributed by atoms with Crippen LogP contribution in [0, 0.1) is 5.92 Å². The first-order valence-electron chi connectivity index (χ1n) is 5.92. The van der Waals surface area contributed by atoms with Gasteiger partial charge in [0.25, 0.3) is 0 Å². The Morgan fingerprint density at radius 2 is 1.94 bits per heavy atom. The van der Waals surface area contributed by atoms with Crippen molar-refractivity contribution >= 4 is 0 Å². The first-order valence-corrected chi connectivity index (χ1v) is 5.92. The van der Waals surface area contributed by atoms with Crippen molar-refractivity contribution in [3.63, 3.8) is 0 Å². The Kier molecular flexibility index (Phi) is 2.27. The SMILES string of the molecule is N[C@@H]1[C@H]2CC[C@@H]1c1cc(C(F)(F)F)ccc1C2. The zero-order chi connectivity index (χ0) is 12.2. The van der Waals surface area contributed by atoms with Crippen molar-refractivity contribution in [2.24, 2.45) is 11.7 Å². The standard InChI is InChI=1S/C13H14F3N/c14-13(15,16)9-3-1-7-5-8-2-4-10(12(8)17)11(7)6-9/h1,3,6,8,10,12H,2,4-5,17H2/t8-,10+,12+/m0/s1. The first kappa shape index (κ1) is 11.1. The molecule has 0 aliphatic heterocycles. The largest absolute Gasteiger partial charge is 0.416 e. The molecule has 2 aliphatic rings. The van der Waals surface area contributed by atoms with Crippen molar-refractivity contribution in [3.05, 3.63) is 34.9 Å². The number of alkyl halides is 3. The number of nitrogens with two attached hydrogens (primary N) is 1. The van der Waals surface area contributed by atoms with Crippen LogP contribution in [0.2, 0.25) is 0 Å². The molecule has 1 nitrogen and oxygen atoms in total. The van der Waals surface area contributed by atoms with Crippen LogP contribution in [0.4, 0.5) is 13.2 Å². The van der Waals surface area contributed by atoms with Crippen LogP contribution < -0.4 is 5.73 Å². The highest BCUT2D eigenvalue weighted by Gasteiger charge is 2.41. The fourth-order valence-corrected chi connectivity index (χ4v) is 3.29. The zero-order valence-electron chi connectivity index (χ0n) is 9.30. The van der Waals surface area contributed by atoms with Crippen LogP contribution >= 0.6 is 0 Å². The normalized spacial score (nSPS) is 31.4. The van der Waals surface area contributed by atoms with Gasteiger partial charge < -0.3 is 5.73 Å². The molecule has 2 N–H and O–H groups in total. The summed E-state index contributed by atoms with van der Waals surface area (Å²) in [5, 5.41) is 0. The minimum absolute atomic E-state index is 0.0472. The van der Waals surface area contributed by atoms with E-state index in [1.165, 1.54) is 12.1 Å². The Morgan fingerprint density at radius 3 is 2.65 bits per heavy atom. The number of halogens is 3. The molecule has 92 valence electrons. The Balaban J connectivity index is 2.07. The molecule has 1 fully saturated rings. The smallest absolute Gasteiger partial charge is 0.327 e. The van der Waals surface area contributed by atoms with E-state index in [0.29, 0.717) is 5.92 Å². The van der Waals surface area contributed by atoms with Gasteiger partial charge in [-0.15, -0.1) is 0 Å². The fourth-order valence-electron chi connectivity index (χ4n) is 3.29. The minimum Gasteiger partial charge on any atom is -0.327 e. The molecular formula is C13H14F3N. The molecular weight excluding hydrogens is 227 g/mol. The quantitative estimate of drug-likeness (QED) is 0.742. The van der Waals surface area contributed by atoms with Gasteiger partial charge in [-0.3, -0.25) is 0 Å². The topological polar surface area (TPSA) is 26.0 Å². The monoisotopic (exact) mass is 241 g/mol. The summed E-state index contributed by atoms with van der Waals surface area (Å²) in [4.78, 5) is 0. The van der Waals surface area contributed by atoms with Crippen LogP contribution in [0.5, 0.6) is 0 Å². The molecule has 1 aromatic carbocycles. The number of hydrogen-bond acceptors (Lipinski definition) is 1. The lowest BCUT2D eigenvalue weighted by Gasteiger charge is -2.30. The van der Waals surface area contributed by atoms with Crippen molar-refractivity contribution in [2.45, 2.75) is 37.4 Å². The Morgan fingerprint density at radius 1 is 1.18 bits per heavy atom. The van der Waals surface area contributed by atoms with E-state index >= 15 is 0 Å². The van der Waals surface area contributed by atoms with Crippen molar-refractivity contribution in [1.82, 2.24) is 0 Å². The maximum Gasteiger partial charge on any atom is 0.416 e. The van der Waals surface area contributed by atoms with Crippen molar-refractivity contribution < 1.29 is 13.2 Å². The minimum atomic E-state index is -4.26. The fraction of sp³-hybridized carbons (Fsp3) is 0.538. The molecule has 0 amide bonds. The number of fused-ring (bicyclic) bond motifs is 4. The summed E-state index contributed by atoms with van der Waals surface area (Å²) in [6.45, 7) is 0. The van der Waals surface area contributed by atoms with Crippen LogP contribution in [0.15, 0.2) is 18.2 Å². The third-order valence-corrected chi connectivity index (χ3v) is 4.21. The summed E-state index contributed by atoms with van der Waals surface area (Å²) in [6, 6.07) is 4.18. The van der Waals surface area contributed by atoms with Crippen LogP contribution in [-0.4, -0.2) is 6.04 Å². The van der Waals surface area contributed by atoms with Crippen molar-refractivity contribution in [3.8, 4) is 0 Å². The summed E-state index contributed by atoms with van der Waals surface area (Å²) in [6.07, 6.45) is -1.44. The van der Waals surface area contributed by atoms with E-state index in [9.17, 15) is 13.2 Å². The molecule has 4 heteroatoms. The number of benzene rings is 1. The lowest BCUT2D eigenvalue weighted by molar-refractivity contribution is -0.137. The molecule has 2 aliphatic carbocycles. The second kappa shape index (κ2) is 3.48. The second-order valence-corrected chi connectivity index (χ2v) is 5.14. The van der Waals surface area contributed by atoms with E-state index in [4.69, 9.17) is 5.73 Å². The van der Waals surface area contributed by atoms with Crippen LogP contribution in [0.1, 0.15) is 35.4 Å². The van der Waals surface area contributed by atoms with Gasteiger partial charge in [-0.25, -0.2) is 0 Å². The molecule has 3 atom stereocenters. The highest BCUT2D eigenvalue weighted by atomic mass is 19.4. The zero-order valence-corrected chi connectivity index (χ0v) is 9.30. The second-order valence-electron chi connectivity index (χ2n) is 5.14. The average molecular weight is 241 g/mol. The first-order chi connectivity index (χ1) is 7.97. The Hall–Kier alpha value is -1.03. The summed E-state index contributed by atoms with van der Waals surface area (Å²) in [5.74, 6) is 0.593. The maximum atomic E-state index is 12.7. The predicted molar refractivity (Wildman–Crippen MR) is 58.6 cm³/mol. The van der Waals surface area contributed by atoms with Crippen molar-refractivity contribution in [1.29, 1.82) is 0 Å². The third kappa shape index (κ3) is 1.66. The number of hydrogen-bond donors (Lipinski definition) is 1. The predicted octanol–water partition coefficient (Wildman–Crippen LogP) is 3.08. The molecule has 0 aromatic heterocycles. The molecule has 0 radical (unpaired) electrons. The van der Waals surface area contributed by atoms with Gasteiger partial charge in [-0.2, -0.15) is 13.2 Å². The van der Waals surface area contributed by atoms with Gasteiger partial charge >= 0.3 is 6.18 Å².